The van der Waals surface area contributed by atoms with Gasteiger partial charge in [0.05, 0.1) is 17.2 Å². The molecule has 0 aliphatic heterocycles. The molecule has 0 radical (unpaired) electrons. The molecule has 0 aromatic heterocycles. The van der Waals surface area contributed by atoms with Crippen LogP contribution in [0.25, 0.3) is 0 Å². The van der Waals surface area contributed by atoms with Crippen LogP contribution in [0.4, 0.5) is 15.8 Å². The Morgan fingerprint density at radius 1 is 1.03 bits per heavy atom. The first-order valence-electron chi connectivity index (χ1n) is 10.5. The molecule has 0 aliphatic rings. The third-order valence-corrected chi connectivity index (χ3v) is 6.40. The van der Waals surface area contributed by atoms with E-state index >= 15 is 0 Å². The highest BCUT2D eigenvalue weighted by molar-refractivity contribution is 7.92. The molecule has 0 saturated carbocycles. The number of anilines is 2. The lowest BCUT2D eigenvalue weighted by Crippen LogP contribution is -2.38. The first-order chi connectivity index (χ1) is 16.3. The van der Waals surface area contributed by atoms with E-state index in [4.69, 9.17) is 9.47 Å². The number of nitrogens with one attached hydrogen (secondary N) is 1. The number of sulfonamides is 1. The lowest BCUT2D eigenvalue weighted by Gasteiger charge is -2.24. The van der Waals surface area contributed by atoms with Crippen molar-refractivity contribution in [2.24, 2.45) is 0 Å². The van der Waals surface area contributed by atoms with Gasteiger partial charge in [-0.3, -0.25) is 9.10 Å². The molecule has 0 heterocycles. The molecule has 1 amide bonds. The zero-order valence-corrected chi connectivity index (χ0v) is 19.4. The molecule has 0 atom stereocenters. The van der Waals surface area contributed by atoms with E-state index in [1.807, 2.05) is 6.92 Å². The smallest absolute Gasteiger partial charge is 0.264 e. The lowest BCUT2D eigenvalue weighted by molar-refractivity contribution is -0.114. The maximum Gasteiger partial charge on any atom is 0.264 e. The van der Waals surface area contributed by atoms with Gasteiger partial charge in [0.25, 0.3) is 10.0 Å². The second-order valence-electron chi connectivity index (χ2n) is 7.07. The Kier molecular flexibility index (Phi) is 8.26. The van der Waals surface area contributed by atoms with Crippen LogP contribution in [0.3, 0.4) is 0 Å². The molecule has 3 aromatic rings. The van der Waals surface area contributed by atoms with Crippen LogP contribution in [0.15, 0.2) is 90.3 Å². The van der Waals surface area contributed by atoms with Crippen LogP contribution in [0.1, 0.15) is 6.92 Å². The highest BCUT2D eigenvalue weighted by atomic mass is 32.2. The number of carbonyl (C=O) groups is 1. The third kappa shape index (κ3) is 6.35. The normalized spacial score (nSPS) is 10.9. The van der Waals surface area contributed by atoms with E-state index < -0.39 is 28.3 Å². The monoisotopic (exact) mass is 484 g/mol. The Labute approximate surface area is 198 Å². The highest BCUT2D eigenvalue weighted by Crippen LogP contribution is 2.26. The van der Waals surface area contributed by atoms with Crippen LogP contribution in [-0.2, 0) is 14.8 Å². The molecule has 7 nitrogen and oxygen atoms in total. The van der Waals surface area contributed by atoms with Crippen LogP contribution in [0.5, 0.6) is 11.5 Å². The second kappa shape index (κ2) is 11.3. The van der Waals surface area contributed by atoms with Gasteiger partial charge in [0, 0.05) is 11.8 Å². The summed E-state index contributed by atoms with van der Waals surface area (Å²) in [6, 6.07) is 17.4. The van der Waals surface area contributed by atoms with Crippen molar-refractivity contribution in [3.63, 3.8) is 0 Å². The summed E-state index contributed by atoms with van der Waals surface area (Å²) in [7, 11) is -4.15. The van der Waals surface area contributed by atoms with Crippen molar-refractivity contribution >= 4 is 27.3 Å². The number of halogens is 1. The van der Waals surface area contributed by atoms with Crippen molar-refractivity contribution < 1.29 is 27.1 Å². The maximum atomic E-state index is 13.5. The van der Waals surface area contributed by atoms with Crippen LogP contribution >= 0.6 is 0 Å². The number of hydrogen-bond donors (Lipinski definition) is 1. The molecular weight excluding hydrogens is 459 g/mol. The predicted molar refractivity (Wildman–Crippen MR) is 129 cm³/mol. The number of rotatable bonds is 11. The van der Waals surface area contributed by atoms with Gasteiger partial charge in [-0.2, -0.15) is 0 Å². The average Bonchev–Trinajstić information content (AvgIpc) is 2.83. The van der Waals surface area contributed by atoms with Gasteiger partial charge in [0.1, 0.15) is 30.5 Å². The van der Waals surface area contributed by atoms with Gasteiger partial charge in [-0.1, -0.05) is 18.7 Å². The average molecular weight is 485 g/mol. The van der Waals surface area contributed by atoms with Gasteiger partial charge in [-0.05, 0) is 67.6 Å². The molecule has 0 spiro atoms. The number of nitrogens with zero attached hydrogens (tertiary/aromatic N) is 1. The van der Waals surface area contributed by atoms with Crippen LogP contribution in [-0.4, -0.2) is 34.1 Å². The molecule has 3 rings (SSSR count). The quantitative estimate of drug-likeness (QED) is 0.402. The Balaban J connectivity index is 1.87. The first kappa shape index (κ1) is 24.8. The van der Waals surface area contributed by atoms with E-state index in [0.29, 0.717) is 30.4 Å². The Morgan fingerprint density at radius 3 is 2.38 bits per heavy atom. The predicted octanol–water partition coefficient (Wildman–Crippen LogP) is 4.62. The Hall–Kier alpha value is -3.85. The van der Waals surface area contributed by atoms with Crippen LogP contribution in [0, 0.1) is 5.82 Å². The minimum atomic E-state index is -4.15. The van der Waals surface area contributed by atoms with Crippen LogP contribution in [0.2, 0.25) is 0 Å². The second-order valence-corrected chi connectivity index (χ2v) is 8.93. The molecular formula is C25H25FN2O5S. The molecule has 0 unspecified atom stereocenters. The molecule has 1 N–H and O–H groups in total. The van der Waals surface area contributed by atoms with Gasteiger partial charge in [-0.25, -0.2) is 12.8 Å². The standard InChI is InChI=1S/C25H25FN2O5S/c1-3-16-33-23-7-5-6-20(17-23)27-25(29)18-28(21-10-8-19(26)9-11-21)34(30,31)24-14-12-22(13-15-24)32-4-2/h3,5-15,17H,1,4,16,18H2,2H3,(H,27,29). The van der Waals surface area contributed by atoms with E-state index in [2.05, 4.69) is 11.9 Å². The minimum absolute atomic E-state index is 0.0344. The van der Waals surface area contributed by atoms with Crippen molar-refractivity contribution in [2.45, 2.75) is 11.8 Å². The van der Waals surface area contributed by atoms with Crippen LogP contribution < -0.4 is 19.1 Å². The van der Waals surface area contributed by atoms with Gasteiger partial charge in [0.15, 0.2) is 0 Å². The summed E-state index contributed by atoms with van der Waals surface area (Å²) in [5.74, 6) is -0.0659. The highest BCUT2D eigenvalue weighted by Gasteiger charge is 2.27. The first-order valence-corrected chi connectivity index (χ1v) is 11.9. The topological polar surface area (TPSA) is 84.9 Å². The lowest BCUT2D eigenvalue weighted by atomic mass is 10.3. The molecule has 0 bridgehead atoms. The molecule has 0 aliphatic carbocycles. The van der Waals surface area contributed by atoms with E-state index in [-0.39, 0.29) is 10.6 Å². The molecule has 34 heavy (non-hydrogen) atoms. The van der Waals surface area contributed by atoms with Crippen molar-refractivity contribution in [3.05, 3.63) is 91.3 Å². The summed E-state index contributed by atoms with van der Waals surface area (Å²) in [5.41, 5.74) is 0.581. The number of carbonyl (C=O) groups excluding carboxylic acids is 1. The summed E-state index contributed by atoms with van der Waals surface area (Å²) in [5, 5.41) is 2.67. The maximum absolute atomic E-state index is 13.5. The zero-order chi connectivity index (χ0) is 24.6. The van der Waals surface area contributed by atoms with E-state index in [1.165, 1.54) is 36.4 Å². The molecule has 0 fully saturated rings. The molecule has 178 valence electrons. The summed E-state index contributed by atoms with van der Waals surface area (Å²) in [6.45, 7) is 5.62. The third-order valence-electron chi connectivity index (χ3n) is 4.61. The number of hydrogen-bond acceptors (Lipinski definition) is 5. The van der Waals surface area contributed by atoms with Crippen molar-refractivity contribution in [3.8, 4) is 11.5 Å². The number of benzene rings is 3. The molecule has 3 aromatic carbocycles. The van der Waals surface area contributed by atoms with Crippen molar-refractivity contribution in [1.82, 2.24) is 0 Å². The van der Waals surface area contributed by atoms with Crippen molar-refractivity contribution in [2.75, 3.05) is 29.4 Å². The Morgan fingerprint density at radius 2 is 1.74 bits per heavy atom. The SMILES string of the molecule is C=CCOc1cccc(NC(=O)CN(c2ccc(F)cc2)S(=O)(=O)c2ccc(OCC)cc2)c1. The van der Waals surface area contributed by atoms with E-state index in [9.17, 15) is 17.6 Å². The number of ether oxygens (including phenoxy) is 2. The van der Waals surface area contributed by atoms with Gasteiger partial charge < -0.3 is 14.8 Å². The summed E-state index contributed by atoms with van der Waals surface area (Å²) in [6.07, 6.45) is 1.59. The zero-order valence-electron chi connectivity index (χ0n) is 18.6. The summed E-state index contributed by atoms with van der Waals surface area (Å²) >= 11 is 0. The molecule has 9 heteroatoms. The van der Waals surface area contributed by atoms with Crippen molar-refractivity contribution in [1.29, 1.82) is 0 Å². The van der Waals surface area contributed by atoms with Gasteiger partial charge >= 0.3 is 0 Å². The fourth-order valence-corrected chi connectivity index (χ4v) is 4.49. The van der Waals surface area contributed by atoms with E-state index in [0.717, 1.165) is 16.4 Å². The van der Waals surface area contributed by atoms with Gasteiger partial charge in [0.2, 0.25) is 5.91 Å². The summed E-state index contributed by atoms with van der Waals surface area (Å²) in [4.78, 5) is 12.8. The summed E-state index contributed by atoms with van der Waals surface area (Å²) < 4.78 is 52.1. The minimum Gasteiger partial charge on any atom is -0.494 e. The van der Waals surface area contributed by atoms with E-state index in [1.54, 1.807) is 30.3 Å². The Bertz CT molecular complexity index is 1230. The fourth-order valence-electron chi connectivity index (χ4n) is 3.07. The number of amides is 1. The fraction of sp³-hybridized carbons (Fsp3) is 0.160. The largest absolute Gasteiger partial charge is 0.494 e. The van der Waals surface area contributed by atoms with Gasteiger partial charge in [-0.15, -0.1) is 0 Å². The molecule has 0 saturated heterocycles.